The highest BCUT2D eigenvalue weighted by Gasteiger charge is 2.40. The van der Waals surface area contributed by atoms with Crippen LogP contribution in [0.3, 0.4) is 0 Å². The maximum absolute atomic E-state index is 13.7. The number of aliphatic imine (C=N–C) groups is 1. The van der Waals surface area contributed by atoms with Crippen LogP contribution in [0.2, 0.25) is 0 Å². The molecule has 2 aromatic rings. The minimum Gasteiger partial charge on any atom is -0.315 e. The maximum Gasteiger partial charge on any atom is 0.259 e. The highest BCUT2D eigenvalue weighted by Crippen LogP contribution is 2.32. The molecule has 0 saturated carbocycles. The summed E-state index contributed by atoms with van der Waals surface area (Å²) < 4.78 is 27.3. The van der Waals surface area contributed by atoms with Crippen molar-refractivity contribution in [3.8, 4) is 0 Å². The monoisotopic (exact) mass is 450 g/mol. The number of hydrogen-bond donors (Lipinski definition) is 0. The molecule has 1 amide bonds. The summed E-state index contributed by atoms with van der Waals surface area (Å²) in [5, 5.41) is 0. The van der Waals surface area contributed by atoms with Crippen molar-refractivity contribution in [3.63, 3.8) is 0 Å². The first-order valence-corrected chi connectivity index (χ1v) is 11.6. The predicted octanol–water partition coefficient (Wildman–Crippen LogP) is 4.09. The Balaban J connectivity index is 1.40. The summed E-state index contributed by atoms with van der Waals surface area (Å²) in [4.78, 5) is 24.5. The van der Waals surface area contributed by atoms with Crippen LogP contribution in [0, 0.1) is 11.6 Å². The Labute approximate surface area is 193 Å². The van der Waals surface area contributed by atoms with Crippen molar-refractivity contribution in [2.24, 2.45) is 4.99 Å². The molecular formula is C26H28F2N4O. The molecule has 0 fully saturated rings. The normalized spacial score (nSPS) is 18.9. The highest BCUT2D eigenvalue weighted by molar-refractivity contribution is 6.09. The molecule has 3 aliphatic rings. The van der Waals surface area contributed by atoms with E-state index in [4.69, 9.17) is 4.99 Å². The lowest BCUT2D eigenvalue weighted by atomic mass is 9.99. The van der Waals surface area contributed by atoms with Crippen molar-refractivity contribution in [2.75, 3.05) is 26.2 Å². The number of amides is 1. The molecule has 33 heavy (non-hydrogen) atoms. The van der Waals surface area contributed by atoms with E-state index in [1.54, 1.807) is 4.90 Å². The molecule has 0 spiro atoms. The number of carbonyl (C=O) groups excluding carboxylic acids is 1. The van der Waals surface area contributed by atoms with Crippen LogP contribution in [0.1, 0.15) is 36.5 Å². The fourth-order valence-corrected chi connectivity index (χ4v) is 4.93. The Hall–Kier alpha value is -3.06. The summed E-state index contributed by atoms with van der Waals surface area (Å²) in [5.41, 5.74) is 4.73. The third-order valence-corrected chi connectivity index (χ3v) is 6.60. The minimum atomic E-state index is -0.579. The quantitative estimate of drug-likeness (QED) is 0.689. The van der Waals surface area contributed by atoms with Crippen LogP contribution < -0.4 is 0 Å². The van der Waals surface area contributed by atoms with Crippen LogP contribution in [0.5, 0.6) is 0 Å². The predicted molar refractivity (Wildman–Crippen MR) is 123 cm³/mol. The number of fused-ring (bicyclic) bond motifs is 2. The molecule has 0 N–H and O–H groups in total. The minimum absolute atomic E-state index is 0.0170. The second-order valence-electron chi connectivity index (χ2n) is 8.91. The summed E-state index contributed by atoms with van der Waals surface area (Å²) in [5.74, 6) is -0.419. The van der Waals surface area contributed by atoms with Gasteiger partial charge in [-0.25, -0.2) is 8.78 Å². The Bertz CT molecular complexity index is 1110. The molecule has 172 valence electrons. The van der Waals surface area contributed by atoms with Gasteiger partial charge in [0, 0.05) is 50.9 Å². The highest BCUT2D eigenvalue weighted by atomic mass is 19.1. The molecule has 3 heterocycles. The van der Waals surface area contributed by atoms with Crippen LogP contribution in [0.25, 0.3) is 0 Å². The van der Waals surface area contributed by atoms with Crippen LogP contribution >= 0.6 is 0 Å². The molecule has 0 unspecified atom stereocenters. The summed E-state index contributed by atoms with van der Waals surface area (Å²) in [6, 6.07) is 12.0. The Kier molecular flexibility index (Phi) is 5.98. The van der Waals surface area contributed by atoms with Gasteiger partial charge in [-0.1, -0.05) is 31.2 Å². The number of nitrogens with zero attached hydrogens (tertiary/aromatic N) is 4. The summed E-state index contributed by atoms with van der Waals surface area (Å²) in [7, 11) is 0. The summed E-state index contributed by atoms with van der Waals surface area (Å²) in [6.07, 6.45) is 2.65. The lowest BCUT2D eigenvalue weighted by molar-refractivity contribution is -0.125. The van der Waals surface area contributed by atoms with E-state index in [1.807, 2.05) is 0 Å². The fraction of sp³-hybridized carbons (Fsp3) is 0.385. The van der Waals surface area contributed by atoms with E-state index in [1.165, 1.54) is 17.7 Å². The van der Waals surface area contributed by atoms with Crippen molar-refractivity contribution in [1.82, 2.24) is 14.7 Å². The number of carbonyl (C=O) groups is 1. The molecule has 5 rings (SSSR count). The van der Waals surface area contributed by atoms with E-state index < -0.39 is 11.6 Å². The number of guanidine groups is 1. The average Bonchev–Trinajstić information content (AvgIpc) is 2.81. The fourth-order valence-electron chi connectivity index (χ4n) is 4.93. The van der Waals surface area contributed by atoms with Crippen molar-refractivity contribution in [2.45, 2.75) is 39.3 Å². The zero-order chi connectivity index (χ0) is 22.9. The number of benzene rings is 2. The Morgan fingerprint density at radius 3 is 2.39 bits per heavy atom. The molecule has 7 heteroatoms. The van der Waals surface area contributed by atoms with Crippen LogP contribution in [0.4, 0.5) is 8.78 Å². The van der Waals surface area contributed by atoms with E-state index in [0.29, 0.717) is 25.2 Å². The topological polar surface area (TPSA) is 39.2 Å². The molecule has 0 aliphatic carbocycles. The van der Waals surface area contributed by atoms with Crippen molar-refractivity contribution in [1.29, 1.82) is 0 Å². The van der Waals surface area contributed by atoms with Gasteiger partial charge in [-0.2, -0.15) is 0 Å². The standard InChI is InChI=1S/C26H28F2N4O/c1-2-18-4-6-19(7-5-18)16-32-25(33)23-17-30(15-20-12-21(27)14-22(28)13-20)11-8-24(23)31-10-3-9-29-26(31)32/h4-7,12-14H,2-3,8-11,15-17H2,1H3. The second kappa shape index (κ2) is 9.06. The SMILES string of the molecule is CCc1ccc(CN2C(=O)C3=C(CCN(Cc4cc(F)cc(F)c4)C3)N3CCCN=C23)cc1. The third-order valence-electron chi connectivity index (χ3n) is 6.60. The molecule has 0 radical (unpaired) electrons. The molecule has 0 saturated heterocycles. The summed E-state index contributed by atoms with van der Waals surface area (Å²) >= 11 is 0. The lowest BCUT2D eigenvalue weighted by Gasteiger charge is -2.45. The van der Waals surface area contributed by atoms with Crippen LogP contribution in [-0.2, 0) is 24.3 Å². The second-order valence-corrected chi connectivity index (χ2v) is 8.91. The first-order chi connectivity index (χ1) is 16.0. The molecule has 3 aliphatic heterocycles. The molecule has 0 bridgehead atoms. The maximum atomic E-state index is 13.7. The lowest BCUT2D eigenvalue weighted by Crippen LogP contribution is -2.56. The number of aryl methyl sites for hydroxylation is 1. The largest absolute Gasteiger partial charge is 0.315 e. The van der Waals surface area contributed by atoms with Gasteiger partial charge in [-0.3, -0.25) is 19.6 Å². The summed E-state index contributed by atoms with van der Waals surface area (Å²) in [6.45, 7) is 5.77. The van der Waals surface area contributed by atoms with Gasteiger partial charge in [0.15, 0.2) is 0 Å². The first kappa shape index (κ1) is 21.8. The zero-order valence-electron chi connectivity index (χ0n) is 18.9. The van der Waals surface area contributed by atoms with Gasteiger partial charge in [0.05, 0.1) is 12.1 Å². The van der Waals surface area contributed by atoms with Gasteiger partial charge in [0.25, 0.3) is 5.91 Å². The molecule has 2 aromatic carbocycles. The number of hydrogen-bond acceptors (Lipinski definition) is 4. The Morgan fingerprint density at radius 2 is 1.67 bits per heavy atom. The molecule has 0 aromatic heterocycles. The van der Waals surface area contributed by atoms with E-state index in [0.717, 1.165) is 67.8 Å². The number of halogens is 2. The zero-order valence-corrected chi connectivity index (χ0v) is 18.9. The van der Waals surface area contributed by atoms with Crippen molar-refractivity contribution < 1.29 is 13.6 Å². The smallest absolute Gasteiger partial charge is 0.259 e. The third kappa shape index (κ3) is 4.42. The van der Waals surface area contributed by atoms with E-state index in [-0.39, 0.29) is 5.91 Å². The van der Waals surface area contributed by atoms with Crippen LogP contribution in [0.15, 0.2) is 58.7 Å². The van der Waals surface area contributed by atoms with Crippen molar-refractivity contribution >= 4 is 11.9 Å². The first-order valence-electron chi connectivity index (χ1n) is 11.6. The van der Waals surface area contributed by atoms with Crippen molar-refractivity contribution in [3.05, 3.63) is 82.1 Å². The average molecular weight is 451 g/mol. The number of rotatable bonds is 5. The molecule has 0 atom stereocenters. The van der Waals surface area contributed by atoms with E-state index in [2.05, 4.69) is 41.0 Å². The molecular weight excluding hydrogens is 422 g/mol. The van der Waals surface area contributed by atoms with Gasteiger partial charge in [-0.15, -0.1) is 0 Å². The van der Waals surface area contributed by atoms with Gasteiger partial charge in [0.1, 0.15) is 11.6 Å². The van der Waals surface area contributed by atoms with Gasteiger partial charge in [0.2, 0.25) is 5.96 Å². The van der Waals surface area contributed by atoms with Gasteiger partial charge >= 0.3 is 0 Å². The molecule has 5 nitrogen and oxygen atoms in total. The Morgan fingerprint density at radius 1 is 0.939 bits per heavy atom. The van der Waals surface area contributed by atoms with E-state index in [9.17, 15) is 13.6 Å². The van der Waals surface area contributed by atoms with Gasteiger partial charge < -0.3 is 4.90 Å². The van der Waals surface area contributed by atoms with E-state index >= 15 is 0 Å². The van der Waals surface area contributed by atoms with Gasteiger partial charge in [-0.05, 0) is 41.7 Å². The van der Waals surface area contributed by atoms with Crippen LogP contribution in [-0.4, -0.2) is 52.7 Å².